The Morgan fingerprint density at radius 2 is 1.75 bits per heavy atom. The van der Waals surface area contributed by atoms with E-state index in [9.17, 15) is 5.11 Å². The highest BCUT2D eigenvalue weighted by Gasteiger charge is 2.29. The standard InChI is InChI=1S/C29H39N3O4/c1-5-26-25(19-31(17-22-15-16-22)18-24(33)20-35-21(2)3)29(32(30-26)23-11-7-6-8-12-23)36-28-14-10-9-13-27(28)34-4/h6-14,21-22,24,33H,5,15-20H2,1-4H3. The summed E-state index contributed by atoms with van der Waals surface area (Å²) in [6, 6.07) is 17.7. The number of aryl methyl sites for hydroxylation is 1. The molecule has 36 heavy (non-hydrogen) atoms. The molecule has 0 radical (unpaired) electrons. The molecule has 0 saturated heterocycles. The molecule has 1 saturated carbocycles. The first-order chi connectivity index (χ1) is 17.5. The summed E-state index contributed by atoms with van der Waals surface area (Å²) in [4.78, 5) is 2.33. The first-order valence-electron chi connectivity index (χ1n) is 13.0. The predicted octanol–water partition coefficient (Wildman–Crippen LogP) is 5.23. The molecular formula is C29H39N3O4. The summed E-state index contributed by atoms with van der Waals surface area (Å²) in [6.45, 7) is 8.53. The van der Waals surface area contributed by atoms with E-state index in [0.717, 1.165) is 29.9 Å². The number of aliphatic hydroxyl groups excluding tert-OH is 1. The van der Waals surface area contributed by atoms with Gasteiger partial charge in [-0.25, -0.2) is 4.68 Å². The lowest BCUT2D eigenvalue weighted by atomic mass is 10.1. The number of benzene rings is 2. The van der Waals surface area contributed by atoms with E-state index < -0.39 is 6.10 Å². The number of aromatic nitrogens is 2. The van der Waals surface area contributed by atoms with Crippen molar-refractivity contribution in [3.05, 3.63) is 65.9 Å². The second-order valence-electron chi connectivity index (χ2n) is 9.76. The number of hydrogen-bond acceptors (Lipinski definition) is 6. The van der Waals surface area contributed by atoms with Crippen molar-refractivity contribution in [3.8, 4) is 23.1 Å². The Balaban J connectivity index is 1.69. The van der Waals surface area contributed by atoms with Crippen LogP contribution in [-0.2, 0) is 17.7 Å². The Morgan fingerprint density at radius 1 is 1.06 bits per heavy atom. The van der Waals surface area contributed by atoms with Crippen molar-refractivity contribution in [1.82, 2.24) is 14.7 Å². The number of methoxy groups -OCH3 is 1. The molecule has 7 nitrogen and oxygen atoms in total. The van der Waals surface area contributed by atoms with Crippen molar-refractivity contribution in [1.29, 1.82) is 0 Å². The molecule has 0 bridgehead atoms. The van der Waals surface area contributed by atoms with Gasteiger partial charge in [-0.15, -0.1) is 0 Å². The minimum Gasteiger partial charge on any atom is -0.493 e. The minimum absolute atomic E-state index is 0.0909. The predicted molar refractivity (Wildman–Crippen MR) is 141 cm³/mol. The lowest BCUT2D eigenvalue weighted by Gasteiger charge is -2.26. The van der Waals surface area contributed by atoms with Crippen molar-refractivity contribution in [2.75, 3.05) is 26.8 Å². The fraction of sp³-hybridized carbons (Fsp3) is 0.483. The number of aliphatic hydroxyl groups is 1. The molecule has 1 fully saturated rings. The molecule has 0 spiro atoms. The summed E-state index contributed by atoms with van der Waals surface area (Å²) in [7, 11) is 1.65. The van der Waals surface area contributed by atoms with E-state index in [2.05, 4.69) is 11.8 Å². The van der Waals surface area contributed by atoms with Crippen molar-refractivity contribution in [2.24, 2.45) is 5.92 Å². The van der Waals surface area contributed by atoms with E-state index in [1.807, 2.05) is 73.1 Å². The summed E-state index contributed by atoms with van der Waals surface area (Å²) < 4.78 is 19.7. The average Bonchev–Trinajstić information content (AvgIpc) is 3.64. The van der Waals surface area contributed by atoms with Gasteiger partial charge in [0.15, 0.2) is 11.5 Å². The monoisotopic (exact) mass is 493 g/mol. The van der Waals surface area contributed by atoms with Gasteiger partial charge in [0.2, 0.25) is 5.88 Å². The van der Waals surface area contributed by atoms with Crippen molar-refractivity contribution in [2.45, 2.75) is 58.8 Å². The largest absolute Gasteiger partial charge is 0.493 e. The van der Waals surface area contributed by atoms with Crippen LogP contribution in [0.25, 0.3) is 5.69 Å². The highest BCUT2D eigenvalue weighted by molar-refractivity contribution is 5.47. The second-order valence-corrected chi connectivity index (χ2v) is 9.76. The van der Waals surface area contributed by atoms with Crippen LogP contribution in [0.3, 0.4) is 0 Å². The number of rotatable bonds is 14. The number of nitrogens with zero attached hydrogens (tertiary/aromatic N) is 3. The highest BCUT2D eigenvalue weighted by atomic mass is 16.5. The molecule has 1 N–H and O–H groups in total. The van der Waals surface area contributed by atoms with Gasteiger partial charge in [-0.2, -0.15) is 5.10 Å². The fourth-order valence-electron chi connectivity index (χ4n) is 4.32. The first-order valence-corrected chi connectivity index (χ1v) is 13.0. The number of ether oxygens (including phenoxy) is 3. The number of hydrogen-bond donors (Lipinski definition) is 1. The van der Waals surface area contributed by atoms with Gasteiger partial charge in [-0.1, -0.05) is 37.3 Å². The molecule has 1 aliphatic carbocycles. The third-order valence-corrected chi connectivity index (χ3v) is 6.32. The highest BCUT2D eigenvalue weighted by Crippen LogP contribution is 2.37. The Morgan fingerprint density at radius 3 is 2.39 bits per heavy atom. The van der Waals surface area contributed by atoms with Crippen LogP contribution >= 0.6 is 0 Å². The van der Waals surface area contributed by atoms with E-state index in [4.69, 9.17) is 19.3 Å². The Labute approximate surface area is 214 Å². The molecule has 1 aromatic heterocycles. The van der Waals surface area contributed by atoms with E-state index in [1.165, 1.54) is 12.8 Å². The molecular weight excluding hydrogens is 454 g/mol. The second kappa shape index (κ2) is 12.4. The maximum absolute atomic E-state index is 10.7. The lowest BCUT2D eigenvalue weighted by Crippen LogP contribution is -2.36. The fourth-order valence-corrected chi connectivity index (χ4v) is 4.32. The van der Waals surface area contributed by atoms with Crippen LogP contribution in [0, 0.1) is 5.92 Å². The van der Waals surface area contributed by atoms with Gasteiger partial charge in [0.1, 0.15) is 0 Å². The molecule has 7 heteroatoms. The van der Waals surface area contributed by atoms with Crippen molar-refractivity contribution >= 4 is 0 Å². The van der Waals surface area contributed by atoms with Crippen LogP contribution in [0.4, 0.5) is 0 Å². The maximum Gasteiger partial charge on any atom is 0.227 e. The molecule has 0 aliphatic heterocycles. The van der Waals surface area contributed by atoms with Gasteiger partial charge in [0, 0.05) is 19.6 Å². The Kier molecular flexibility index (Phi) is 9.02. The normalized spacial score (nSPS) is 14.4. The molecule has 2 aromatic carbocycles. The zero-order valence-electron chi connectivity index (χ0n) is 21.9. The topological polar surface area (TPSA) is 69.0 Å². The summed E-state index contributed by atoms with van der Waals surface area (Å²) in [5.74, 6) is 2.66. The molecule has 1 heterocycles. The molecule has 1 unspecified atom stereocenters. The third-order valence-electron chi connectivity index (χ3n) is 6.32. The SMILES string of the molecule is CCc1nn(-c2ccccc2)c(Oc2ccccc2OC)c1CN(CC(O)COC(C)C)CC1CC1. The Bertz CT molecular complexity index is 1100. The van der Waals surface area contributed by atoms with Gasteiger partial charge in [-0.3, -0.25) is 4.90 Å². The minimum atomic E-state index is -0.556. The van der Waals surface area contributed by atoms with E-state index in [0.29, 0.717) is 43.0 Å². The van der Waals surface area contributed by atoms with Crippen LogP contribution in [0.1, 0.15) is 44.9 Å². The van der Waals surface area contributed by atoms with Gasteiger partial charge in [0.25, 0.3) is 0 Å². The maximum atomic E-state index is 10.7. The van der Waals surface area contributed by atoms with Crippen LogP contribution in [0.15, 0.2) is 54.6 Å². The molecule has 1 atom stereocenters. The summed E-state index contributed by atoms with van der Waals surface area (Å²) in [5.41, 5.74) is 2.95. The van der Waals surface area contributed by atoms with Crippen molar-refractivity contribution in [3.63, 3.8) is 0 Å². The van der Waals surface area contributed by atoms with Crippen LogP contribution < -0.4 is 9.47 Å². The zero-order valence-corrected chi connectivity index (χ0v) is 21.9. The van der Waals surface area contributed by atoms with Crippen LogP contribution in [0.5, 0.6) is 17.4 Å². The summed E-state index contributed by atoms with van der Waals surface area (Å²) in [5, 5.41) is 15.7. The summed E-state index contributed by atoms with van der Waals surface area (Å²) in [6.07, 6.45) is 2.79. The van der Waals surface area contributed by atoms with Gasteiger partial charge in [-0.05, 0) is 63.3 Å². The summed E-state index contributed by atoms with van der Waals surface area (Å²) >= 11 is 0. The van der Waals surface area contributed by atoms with Gasteiger partial charge < -0.3 is 19.3 Å². The van der Waals surface area contributed by atoms with Crippen LogP contribution in [0.2, 0.25) is 0 Å². The molecule has 3 aromatic rings. The smallest absolute Gasteiger partial charge is 0.227 e. The number of para-hydroxylation sites is 3. The molecule has 1 aliphatic rings. The van der Waals surface area contributed by atoms with E-state index >= 15 is 0 Å². The quantitative estimate of drug-likeness (QED) is 0.332. The molecule has 0 amide bonds. The van der Waals surface area contributed by atoms with Crippen molar-refractivity contribution < 1.29 is 19.3 Å². The Hall–Kier alpha value is -2.87. The first kappa shape index (κ1) is 26.2. The molecule has 194 valence electrons. The van der Waals surface area contributed by atoms with Crippen LogP contribution in [-0.4, -0.2) is 58.8 Å². The van der Waals surface area contributed by atoms with Gasteiger partial charge >= 0.3 is 0 Å². The average molecular weight is 494 g/mol. The van der Waals surface area contributed by atoms with E-state index in [-0.39, 0.29) is 6.10 Å². The third kappa shape index (κ3) is 6.87. The zero-order chi connectivity index (χ0) is 25.5. The lowest BCUT2D eigenvalue weighted by molar-refractivity contribution is -0.0101. The van der Waals surface area contributed by atoms with E-state index in [1.54, 1.807) is 7.11 Å². The van der Waals surface area contributed by atoms with Gasteiger partial charge in [0.05, 0.1) is 42.9 Å². The molecule has 4 rings (SSSR count).